The van der Waals surface area contributed by atoms with Crippen molar-refractivity contribution in [2.75, 3.05) is 12.0 Å². The summed E-state index contributed by atoms with van der Waals surface area (Å²) >= 11 is 0. The van der Waals surface area contributed by atoms with E-state index < -0.39 is 0 Å². The van der Waals surface area contributed by atoms with Gasteiger partial charge in [0.1, 0.15) is 0 Å². The lowest BCUT2D eigenvalue weighted by molar-refractivity contribution is 0.0953. The molecule has 2 rings (SSSR count). The molecule has 4 N–H and O–H groups in total. The summed E-state index contributed by atoms with van der Waals surface area (Å²) in [6, 6.07) is 3.52. The van der Waals surface area contributed by atoms with Crippen LogP contribution in [0.4, 0.5) is 5.69 Å². The fraction of sp³-hybridized carbons (Fsp3) is 0.250. The SMILES string of the molecule is NNc1ccncc1C(=O)NCCCn1cccn1. The molecule has 0 aliphatic heterocycles. The summed E-state index contributed by atoms with van der Waals surface area (Å²) in [6.07, 6.45) is 7.48. The summed E-state index contributed by atoms with van der Waals surface area (Å²) in [7, 11) is 0. The summed E-state index contributed by atoms with van der Waals surface area (Å²) in [5.74, 6) is 5.15. The highest BCUT2D eigenvalue weighted by Crippen LogP contribution is 2.11. The molecule has 1 amide bonds. The average molecular weight is 260 g/mol. The zero-order valence-corrected chi connectivity index (χ0v) is 10.4. The number of carbonyl (C=O) groups excluding carboxylic acids is 1. The number of hydrogen-bond acceptors (Lipinski definition) is 5. The number of carbonyl (C=O) groups is 1. The van der Waals surface area contributed by atoms with E-state index in [-0.39, 0.29) is 5.91 Å². The first-order valence-electron chi connectivity index (χ1n) is 5.97. The topological polar surface area (TPSA) is 97.9 Å². The van der Waals surface area contributed by atoms with Crippen LogP contribution in [0.1, 0.15) is 16.8 Å². The number of hydrogen-bond donors (Lipinski definition) is 3. The van der Waals surface area contributed by atoms with E-state index in [4.69, 9.17) is 5.84 Å². The predicted molar refractivity (Wildman–Crippen MR) is 71.2 cm³/mol. The molecule has 0 unspecified atom stereocenters. The molecule has 0 saturated heterocycles. The first-order valence-corrected chi connectivity index (χ1v) is 5.97. The van der Waals surface area contributed by atoms with Gasteiger partial charge in [-0.05, 0) is 18.6 Å². The third-order valence-electron chi connectivity index (χ3n) is 2.63. The quantitative estimate of drug-likeness (QED) is 0.396. The molecule has 0 aliphatic rings. The van der Waals surface area contributed by atoms with Gasteiger partial charge in [-0.3, -0.25) is 20.3 Å². The number of nitrogens with zero attached hydrogens (tertiary/aromatic N) is 3. The molecule has 0 radical (unpaired) electrons. The zero-order valence-electron chi connectivity index (χ0n) is 10.4. The van der Waals surface area contributed by atoms with E-state index in [0.717, 1.165) is 13.0 Å². The third kappa shape index (κ3) is 3.52. The molecule has 2 aromatic heterocycles. The Hall–Kier alpha value is -2.41. The van der Waals surface area contributed by atoms with Crippen LogP contribution in [0.3, 0.4) is 0 Å². The van der Waals surface area contributed by atoms with Gasteiger partial charge in [-0.2, -0.15) is 5.10 Å². The van der Waals surface area contributed by atoms with Crippen molar-refractivity contribution in [2.45, 2.75) is 13.0 Å². The van der Waals surface area contributed by atoms with Crippen LogP contribution in [-0.2, 0) is 6.54 Å². The van der Waals surface area contributed by atoms with E-state index in [1.165, 1.54) is 6.20 Å². The summed E-state index contributed by atoms with van der Waals surface area (Å²) in [6.45, 7) is 1.33. The Morgan fingerprint density at radius 3 is 3.05 bits per heavy atom. The van der Waals surface area contributed by atoms with Crippen LogP contribution in [0, 0.1) is 0 Å². The molecule has 100 valence electrons. The van der Waals surface area contributed by atoms with E-state index >= 15 is 0 Å². The highest BCUT2D eigenvalue weighted by Gasteiger charge is 2.09. The van der Waals surface area contributed by atoms with Gasteiger partial charge in [0.05, 0.1) is 11.3 Å². The Kier molecular flexibility index (Phi) is 4.46. The summed E-state index contributed by atoms with van der Waals surface area (Å²) in [5, 5.41) is 6.91. The third-order valence-corrected chi connectivity index (χ3v) is 2.63. The van der Waals surface area contributed by atoms with Crippen LogP contribution < -0.4 is 16.6 Å². The Balaban J connectivity index is 1.81. The number of nitrogens with two attached hydrogens (primary N) is 1. The maximum atomic E-state index is 11.9. The molecule has 0 aliphatic carbocycles. The maximum Gasteiger partial charge on any atom is 0.255 e. The van der Waals surface area contributed by atoms with Gasteiger partial charge in [0.15, 0.2) is 0 Å². The van der Waals surface area contributed by atoms with Crippen LogP contribution in [0.15, 0.2) is 36.9 Å². The fourth-order valence-corrected chi connectivity index (χ4v) is 1.67. The molecule has 7 nitrogen and oxygen atoms in total. The van der Waals surface area contributed by atoms with Crippen LogP contribution in [0.25, 0.3) is 0 Å². The normalized spacial score (nSPS) is 10.2. The van der Waals surface area contributed by atoms with Gasteiger partial charge in [-0.1, -0.05) is 0 Å². The van der Waals surface area contributed by atoms with E-state index in [2.05, 4.69) is 20.8 Å². The van der Waals surface area contributed by atoms with Gasteiger partial charge in [0, 0.05) is 37.9 Å². The van der Waals surface area contributed by atoms with Crippen LogP contribution >= 0.6 is 0 Å². The van der Waals surface area contributed by atoms with Gasteiger partial charge in [-0.15, -0.1) is 0 Å². The van der Waals surface area contributed by atoms with Gasteiger partial charge in [-0.25, -0.2) is 0 Å². The first-order chi connectivity index (χ1) is 9.31. The lowest BCUT2D eigenvalue weighted by atomic mass is 10.2. The van der Waals surface area contributed by atoms with Crippen LogP contribution in [0.5, 0.6) is 0 Å². The molecule has 0 atom stereocenters. The van der Waals surface area contributed by atoms with Gasteiger partial charge in [0.25, 0.3) is 5.91 Å². The van der Waals surface area contributed by atoms with Gasteiger partial charge in [0.2, 0.25) is 0 Å². The van der Waals surface area contributed by atoms with E-state index in [1.807, 2.05) is 16.9 Å². The van der Waals surface area contributed by atoms with Crippen LogP contribution in [0.2, 0.25) is 0 Å². The maximum absolute atomic E-state index is 11.9. The smallest absolute Gasteiger partial charge is 0.255 e. The monoisotopic (exact) mass is 260 g/mol. The highest BCUT2D eigenvalue weighted by molar-refractivity contribution is 5.99. The Morgan fingerprint density at radius 2 is 2.32 bits per heavy atom. The number of pyridine rings is 1. The second-order valence-corrected chi connectivity index (χ2v) is 3.94. The standard InChI is InChI=1S/C12H16N6O/c13-17-11-3-6-14-9-10(11)12(19)15-4-1-7-18-8-2-5-16-18/h2-3,5-6,8-9H,1,4,7,13H2,(H,14,17)(H,15,19). The molecule has 0 fully saturated rings. The Morgan fingerprint density at radius 1 is 1.42 bits per heavy atom. The minimum Gasteiger partial charge on any atom is -0.352 e. The van der Waals surface area contributed by atoms with Crippen molar-refractivity contribution in [3.8, 4) is 0 Å². The minimum atomic E-state index is -0.193. The van der Waals surface area contributed by atoms with E-state index in [9.17, 15) is 4.79 Å². The minimum absolute atomic E-state index is 0.193. The number of rotatable bonds is 6. The summed E-state index contributed by atoms with van der Waals surface area (Å²) in [4.78, 5) is 15.8. The molecule has 0 spiro atoms. The first kappa shape index (κ1) is 13.0. The van der Waals surface area contributed by atoms with Crippen molar-refractivity contribution in [2.24, 2.45) is 5.84 Å². The molecule has 0 saturated carbocycles. The predicted octanol–water partition coefficient (Wildman–Crippen LogP) is 0.384. The molecule has 2 heterocycles. The zero-order chi connectivity index (χ0) is 13.5. The number of aryl methyl sites for hydroxylation is 1. The lowest BCUT2D eigenvalue weighted by Gasteiger charge is -2.08. The molecule has 0 bridgehead atoms. The summed E-state index contributed by atoms with van der Waals surface area (Å²) in [5.41, 5.74) is 3.46. The van der Waals surface area contributed by atoms with Crippen molar-refractivity contribution in [1.82, 2.24) is 20.1 Å². The Labute approximate surface area is 110 Å². The van der Waals surface area contributed by atoms with E-state index in [1.54, 1.807) is 18.5 Å². The number of anilines is 1. The van der Waals surface area contributed by atoms with Crippen molar-refractivity contribution in [3.63, 3.8) is 0 Å². The Bertz CT molecular complexity index is 525. The number of hydrazine groups is 1. The van der Waals surface area contributed by atoms with Gasteiger partial charge >= 0.3 is 0 Å². The van der Waals surface area contributed by atoms with Crippen molar-refractivity contribution in [3.05, 3.63) is 42.5 Å². The second-order valence-electron chi connectivity index (χ2n) is 3.94. The van der Waals surface area contributed by atoms with Crippen molar-refractivity contribution < 1.29 is 4.79 Å². The molecule has 2 aromatic rings. The van der Waals surface area contributed by atoms with Crippen molar-refractivity contribution >= 4 is 11.6 Å². The number of amides is 1. The number of nitrogen functional groups attached to an aromatic ring is 1. The lowest BCUT2D eigenvalue weighted by Crippen LogP contribution is -2.27. The largest absolute Gasteiger partial charge is 0.352 e. The highest BCUT2D eigenvalue weighted by atomic mass is 16.1. The number of nitrogens with one attached hydrogen (secondary N) is 2. The van der Waals surface area contributed by atoms with Gasteiger partial charge < -0.3 is 10.7 Å². The van der Waals surface area contributed by atoms with Crippen molar-refractivity contribution in [1.29, 1.82) is 0 Å². The number of aromatic nitrogens is 3. The molecular weight excluding hydrogens is 244 g/mol. The second kappa shape index (κ2) is 6.50. The average Bonchev–Trinajstić information content (AvgIpc) is 2.96. The fourth-order valence-electron chi connectivity index (χ4n) is 1.67. The van der Waals surface area contributed by atoms with E-state index in [0.29, 0.717) is 17.8 Å². The molecule has 0 aromatic carbocycles. The van der Waals surface area contributed by atoms with Crippen LogP contribution in [-0.4, -0.2) is 27.2 Å². The summed E-state index contributed by atoms with van der Waals surface area (Å²) < 4.78 is 1.82. The molecule has 19 heavy (non-hydrogen) atoms. The molecule has 7 heteroatoms. The molecular formula is C12H16N6O.